The number of hydrogen-bond donors (Lipinski definition) is 0. The molecule has 0 heteroatoms. The summed E-state index contributed by atoms with van der Waals surface area (Å²) < 4.78 is 0. The van der Waals surface area contributed by atoms with E-state index in [-0.39, 0.29) is 0 Å². The monoisotopic (exact) mass is 136 g/mol. The highest BCUT2D eigenvalue weighted by Crippen LogP contribution is 2.05. The van der Waals surface area contributed by atoms with Gasteiger partial charge in [-0.1, -0.05) is 44.2 Å². The lowest BCUT2D eigenvalue weighted by atomic mass is 10.1. The summed E-state index contributed by atoms with van der Waals surface area (Å²) in [7, 11) is 0. The van der Waals surface area contributed by atoms with Crippen LogP contribution in [0.4, 0.5) is 0 Å². The van der Waals surface area contributed by atoms with Crippen LogP contribution in [-0.4, -0.2) is 0 Å². The Kier molecular flexibility index (Phi) is 5.85. The first-order valence-electron chi connectivity index (χ1n) is 3.79. The number of hydrogen-bond acceptors (Lipinski definition) is 0. The van der Waals surface area contributed by atoms with Gasteiger partial charge in [-0.05, 0) is 18.9 Å². The summed E-state index contributed by atoms with van der Waals surface area (Å²) in [5.41, 5.74) is 1.36. The van der Waals surface area contributed by atoms with Gasteiger partial charge >= 0.3 is 0 Å². The zero-order valence-electron chi connectivity index (χ0n) is 6.93. The second-order valence-corrected chi connectivity index (χ2v) is 2.23. The molecule has 0 aliphatic carbocycles. The van der Waals surface area contributed by atoms with Crippen LogP contribution in [0.1, 0.15) is 26.7 Å². The van der Waals surface area contributed by atoms with Crippen LogP contribution in [-0.2, 0) is 0 Å². The molecule has 0 rings (SSSR count). The first-order chi connectivity index (χ1) is 4.85. The van der Waals surface area contributed by atoms with Crippen molar-refractivity contribution in [2.24, 2.45) is 0 Å². The molecule has 0 aromatic carbocycles. The van der Waals surface area contributed by atoms with E-state index >= 15 is 0 Å². The van der Waals surface area contributed by atoms with Crippen LogP contribution in [0, 0.1) is 0 Å². The van der Waals surface area contributed by atoms with Gasteiger partial charge in [0.1, 0.15) is 0 Å². The van der Waals surface area contributed by atoms with E-state index in [0.29, 0.717) is 0 Å². The minimum atomic E-state index is 1.15. The van der Waals surface area contributed by atoms with Gasteiger partial charge in [0.25, 0.3) is 0 Å². The Morgan fingerprint density at radius 2 is 2.20 bits per heavy atom. The van der Waals surface area contributed by atoms with Crippen LogP contribution < -0.4 is 0 Å². The molecule has 0 N–H and O–H groups in total. The van der Waals surface area contributed by atoms with Crippen LogP contribution in [0.25, 0.3) is 0 Å². The molecule has 0 fully saturated rings. The highest BCUT2D eigenvalue weighted by Gasteiger charge is 1.85. The fourth-order valence-corrected chi connectivity index (χ4v) is 0.876. The summed E-state index contributed by atoms with van der Waals surface area (Å²) in [6, 6.07) is 0. The Hall–Kier alpha value is -0.780. The molecular formula is C10H16. The van der Waals surface area contributed by atoms with Crippen molar-refractivity contribution in [3.05, 3.63) is 36.5 Å². The zero-order valence-corrected chi connectivity index (χ0v) is 6.93. The van der Waals surface area contributed by atoms with E-state index < -0.39 is 0 Å². The largest absolute Gasteiger partial charge is 0.0991 e. The first kappa shape index (κ1) is 9.22. The van der Waals surface area contributed by atoms with Gasteiger partial charge in [-0.25, -0.2) is 0 Å². The molecule has 0 unspecified atom stereocenters. The van der Waals surface area contributed by atoms with E-state index in [0.717, 1.165) is 6.42 Å². The maximum absolute atomic E-state index is 3.65. The molecule has 0 amide bonds. The average Bonchev–Trinajstić information content (AvgIpc) is 1.90. The lowest BCUT2D eigenvalue weighted by molar-refractivity contribution is 0.926. The van der Waals surface area contributed by atoms with Crippen LogP contribution in [0.2, 0.25) is 0 Å². The lowest BCUT2D eigenvalue weighted by Crippen LogP contribution is -1.75. The standard InChI is InChI=1S/C10H16/c1-4-7-10(8-5-2)9-6-3/h4-5,7-8H,1,6,9H2,2-3H3/b8-5-,10-7+. The maximum atomic E-state index is 3.65. The average molecular weight is 136 g/mol. The third-order valence-electron chi connectivity index (χ3n) is 1.25. The van der Waals surface area contributed by atoms with Gasteiger partial charge < -0.3 is 0 Å². The minimum Gasteiger partial charge on any atom is -0.0991 e. The van der Waals surface area contributed by atoms with E-state index in [9.17, 15) is 0 Å². The van der Waals surface area contributed by atoms with E-state index in [1.54, 1.807) is 0 Å². The van der Waals surface area contributed by atoms with Gasteiger partial charge in [-0.3, -0.25) is 0 Å². The van der Waals surface area contributed by atoms with Crippen molar-refractivity contribution in [2.45, 2.75) is 26.7 Å². The van der Waals surface area contributed by atoms with Crippen molar-refractivity contribution in [2.75, 3.05) is 0 Å². The second kappa shape index (κ2) is 6.34. The molecule has 0 saturated carbocycles. The van der Waals surface area contributed by atoms with E-state index in [1.165, 1.54) is 12.0 Å². The number of rotatable bonds is 4. The van der Waals surface area contributed by atoms with E-state index in [2.05, 4.69) is 31.7 Å². The predicted octanol–water partition coefficient (Wildman–Crippen LogP) is 3.48. The van der Waals surface area contributed by atoms with Crippen molar-refractivity contribution in [3.8, 4) is 0 Å². The normalized spacial score (nSPS) is 12.4. The molecule has 0 bridgehead atoms. The molecule has 0 atom stereocenters. The predicted molar refractivity (Wildman–Crippen MR) is 48.0 cm³/mol. The summed E-state index contributed by atoms with van der Waals surface area (Å²) in [5, 5.41) is 0. The molecule has 0 aromatic heterocycles. The minimum absolute atomic E-state index is 1.15. The third-order valence-corrected chi connectivity index (χ3v) is 1.25. The van der Waals surface area contributed by atoms with Crippen LogP contribution >= 0.6 is 0 Å². The first-order valence-corrected chi connectivity index (χ1v) is 3.79. The summed E-state index contributed by atoms with van der Waals surface area (Å²) in [6.45, 7) is 7.87. The molecular weight excluding hydrogens is 120 g/mol. The Balaban J connectivity index is 3.96. The Bertz CT molecular complexity index is 138. The van der Waals surface area contributed by atoms with Gasteiger partial charge in [-0.15, -0.1) is 0 Å². The molecule has 0 heterocycles. The zero-order chi connectivity index (χ0) is 7.82. The van der Waals surface area contributed by atoms with Gasteiger partial charge in [0, 0.05) is 0 Å². The fraction of sp³-hybridized carbons (Fsp3) is 0.400. The summed E-state index contributed by atoms with van der Waals surface area (Å²) >= 11 is 0. The maximum Gasteiger partial charge on any atom is -0.0282 e. The van der Waals surface area contributed by atoms with Crippen molar-refractivity contribution < 1.29 is 0 Å². The molecule has 0 aliphatic heterocycles. The Morgan fingerprint density at radius 3 is 2.60 bits per heavy atom. The lowest BCUT2D eigenvalue weighted by Gasteiger charge is -1.95. The van der Waals surface area contributed by atoms with Gasteiger partial charge in [-0.2, -0.15) is 0 Å². The molecule has 0 spiro atoms. The Labute approximate surface area is 64.0 Å². The van der Waals surface area contributed by atoms with Crippen molar-refractivity contribution >= 4 is 0 Å². The van der Waals surface area contributed by atoms with E-state index in [1.807, 2.05) is 13.0 Å². The molecule has 0 aromatic rings. The molecule has 0 aliphatic rings. The summed E-state index contributed by atoms with van der Waals surface area (Å²) in [4.78, 5) is 0. The molecule has 0 radical (unpaired) electrons. The summed E-state index contributed by atoms with van der Waals surface area (Å²) in [5.74, 6) is 0. The summed E-state index contributed by atoms with van der Waals surface area (Å²) in [6.07, 6.45) is 10.4. The fourth-order valence-electron chi connectivity index (χ4n) is 0.876. The van der Waals surface area contributed by atoms with Crippen LogP contribution in [0.15, 0.2) is 36.5 Å². The Morgan fingerprint density at radius 1 is 1.50 bits per heavy atom. The van der Waals surface area contributed by atoms with Gasteiger partial charge in [0.15, 0.2) is 0 Å². The highest BCUT2D eigenvalue weighted by atomic mass is 13.9. The topological polar surface area (TPSA) is 0 Å². The third kappa shape index (κ3) is 4.13. The molecule has 0 nitrogen and oxygen atoms in total. The van der Waals surface area contributed by atoms with Gasteiger partial charge in [0.2, 0.25) is 0 Å². The van der Waals surface area contributed by atoms with Crippen LogP contribution in [0.5, 0.6) is 0 Å². The number of allylic oxidation sites excluding steroid dienone is 5. The second-order valence-electron chi connectivity index (χ2n) is 2.23. The van der Waals surface area contributed by atoms with Crippen molar-refractivity contribution in [3.63, 3.8) is 0 Å². The molecule has 56 valence electrons. The van der Waals surface area contributed by atoms with Crippen molar-refractivity contribution in [1.82, 2.24) is 0 Å². The molecule has 0 saturated heterocycles. The highest BCUT2D eigenvalue weighted by molar-refractivity contribution is 5.22. The van der Waals surface area contributed by atoms with Gasteiger partial charge in [0.05, 0.1) is 0 Å². The van der Waals surface area contributed by atoms with Crippen molar-refractivity contribution in [1.29, 1.82) is 0 Å². The van der Waals surface area contributed by atoms with E-state index in [4.69, 9.17) is 0 Å². The SMILES string of the molecule is C=C/C=C(\C=C/C)CCC. The molecule has 10 heavy (non-hydrogen) atoms. The smallest absolute Gasteiger partial charge is 0.0282 e. The van der Waals surface area contributed by atoms with Crippen LogP contribution in [0.3, 0.4) is 0 Å². The quantitative estimate of drug-likeness (QED) is 0.519.